The molecule has 2 atom stereocenters. The molecule has 0 aliphatic carbocycles. The summed E-state index contributed by atoms with van der Waals surface area (Å²) in [5, 5.41) is 6.05. The summed E-state index contributed by atoms with van der Waals surface area (Å²) < 4.78 is 46.2. The Morgan fingerprint density at radius 2 is 2.09 bits per heavy atom. The fourth-order valence-corrected chi connectivity index (χ4v) is 5.73. The largest absolute Gasteiger partial charge is 0.389 e. The summed E-state index contributed by atoms with van der Waals surface area (Å²) in [5.74, 6) is -0.655. The number of thiazole rings is 1. The predicted molar refractivity (Wildman–Crippen MR) is 125 cm³/mol. The van der Waals surface area contributed by atoms with Gasteiger partial charge < -0.3 is 14.5 Å². The molecule has 13 heteroatoms. The van der Waals surface area contributed by atoms with Crippen LogP contribution in [0.5, 0.6) is 0 Å². The molecule has 0 bridgehead atoms. The van der Waals surface area contributed by atoms with E-state index in [0.717, 1.165) is 12.6 Å². The van der Waals surface area contributed by atoms with Crippen LogP contribution in [-0.2, 0) is 24.4 Å². The van der Waals surface area contributed by atoms with Gasteiger partial charge in [-0.2, -0.15) is 8.70 Å². The molecule has 0 spiro atoms. The van der Waals surface area contributed by atoms with E-state index in [1.165, 1.54) is 28.6 Å². The summed E-state index contributed by atoms with van der Waals surface area (Å²) in [6, 6.07) is 6.06. The predicted octanol–water partition coefficient (Wildman–Crippen LogP) is 1.76. The molecule has 184 valence electrons. The Balaban J connectivity index is 1.55. The van der Waals surface area contributed by atoms with Crippen molar-refractivity contribution < 1.29 is 27.2 Å². The number of sulfonamides is 1. The first-order valence-electron chi connectivity index (χ1n) is 10.8. The number of hydrogen-bond donors (Lipinski definition) is 1. The fourth-order valence-electron chi connectivity index (χ4n) is 3.70. The molecule has 0 radical (unpaired) electrons. The summed E-state index contributed by atoms with van der Waals surface area (Å²) in [5.41, 5.74) is 0.264. The van der Waals surface area contributed by atoms with E-state index in [0.29, 0.717) is 49.6 Å². The molecular weight excluding hydrogens is 485 g/mol. The van der Waals surface area contributed by atoms with E-state index in [1.807, 2.05) is 19.0 Å². The molecule has 1 aromatic heterocycles. The SMILES string of the molecule is CN(C)[C@H]1CCN(S(=O)(=O)c2ccc(C(=NO[C@@H]3CCOC3)C(=O)Nc3ncc(F)s3)cc2)C1. The van der Waals surface area contributed by atoms with E-state index >= 15 is 0 Å². The number of nitrogens with zero attached hydrogens (tertiary/aromatic N) is 4. The minimum absolute atomic E-state index is 0.0723. The van der Waals surface area contributed by atoms with Gasteiger partial charge in [-0.05, 0) is 32.6 Å². The zero-order valence-electron chi connectivity index (χ0n) is 18.8. The Morgan fingerprint density at radius 1 is 1.32 bits per heavy atom. The highest BCUT2D eigenvalue weighted by Crippen LogP contribution is 2.24. The summed E-state index contributed by atoms with van der Waals surface area (Å²) in [4.78, 5) is 24.3. The van der Waals surface area contributed by atoms with E-state index in [9.17, 15) is 17.6 Å². The number of rotatable bonds is 8. The average Bonchev–Trinajstić information content (AvgIpc) is 3.57. The molecule has 2 saturated heterocycles. The maximum Gasteiger partial charge on any atom is 0.280 e. The van der Waals surface area contributed by atoms with Crippen molar-refractivity contribution in [2.45, 2.75) is 29.9 Å². The fraction of sp³-hybridized carbons (Fsp3) is 0.476. The highest BCUT2D eigenvalue weighted by atomic mass is 32.2. The minimum atomic E-state index is -3.67. The zero-order valence-corrected chi connectivity index (χ0v) is 20.4. The Bertz CT molecular complexity index is 1150. The molecule has 1 amide bonds. The van der Waals surface area contributed by atoms with Crippen LogP contribution < -0.4 is 5.32 Å². The first-order valence-corrected chi connectivity index (χ1v) is 13.0. The minimum Gasteiger partial charge on any atom is -0.389 e. The van der Waals surface area contributed by atoms with Gasteiger partial charge >= 0.3 is 0 Å². The van der Waals surface area contributed by atoms with Crippen molar-refractivity contribution in [1.29, 1.82) is 0 Å². The number of ether oxygens (including phenoxy) is 1. The normalized spacial score (nSPS) is 21.8. The van der Waals surface area contributed by atoms with Crippen molar-refractivity contribution in [3.05, 3.63) is 41.2 Å². The molecule has 10 nitrogen and oxygen atoms in total. The van der Waals surface area contributed by atoms with E-state index in [2.05, 4.69) is 15.5 Å². The van der Waals surface area contributed by atoms with E-state index in [4.69, 9.17) is 9.57 Å². The molecule has 4 rings (SSSR count). The smallest absolute Gasteiger partial charge is 0.280 e. The monoisotopic (exact) mass is 511 g/mol. The molecule has 1 N–H and O–H groups in total. The van der Waals surface area contributed by atoms with Gasteiger partial charge in [0.15, 0.2) is 22.1 Å². The second-order valence-corrected chi connectivity index (χ2v) is 11.2. The first-order chi connectivity index (χ1) is 16.2. The van der Waals surface area contributed by atoms with Gasteiger partial charge in [-0.15, -0.1) is 0 Å². The molecule has 2 fully saturated rings. The molecule has 2 aromatic rings. The third kappa shape index (κ3) is 5.61. The number of oxime groups is 1. The van der Waals surface area contributed by atoms with Crippen LogP contribution in [0, 0.1) is 5.13 Å². The highest BCUT2D eigenvalue weighted by molar-refractivity contribution is 7.89. The summed E-state index contributed by atoms with van der Waals surface area (Å²) in [7, 11) is 0.193. The quantitative estimate of drug-likeness (QED) is 0.424. The molecule has 3 heterocycles. The maximum atomic E-state index is 13.3. The van der Waals surface area contributed by atoms with Crippen LogP contribution in [0.15, 0.2) is 40.5 Å². The number of carbonyl (C=O) groups is 1. The van der Waals surface area contributed by atoms with Crippen molar-refractivity contribution in [3.8, 4) is 0 Å². The molecule has 1 aromatic carbocycles. The molecule has 2 aliphatic heterocycles. The second-order valence-electron chi connectivity index (χ2n) is 8.25. The van der Waals surface area contributed by atoms with Gasteiger partial charge in [0.05, 0.1) is 24.3 Å². The third-order valence-electron chi connectivity index (χ3n) is 5.72. The Kier molecular flexibility index (Phi) is 7.57. The van der Waals surface area contributed by atoms with Crippen molar-refractivity contribution in [3.63, 3.8) is 0 Å². The number of benzene rings is 1. The van der Waals surface area contributed by atoms with Crippen LogP contribution in [0.1, 0.15) is 18.4 Å². The standard InChI is InChI=1S/C21H26FN5O5S2/c1-26(2)15-7-9-27(12-15)34(29,30)17-5-3-14(4-6-17)19(25-32-16-8-10-31-13-16)20(28)24-21-23-11-18(22)33-21/h3-6,11,15-16H,7-10,12-13H2,1-2H3,(H,23,24,28)/t15-,16+/m0/s1. The van der Waals surface area contributed by atoms with Gasteiger partial charge in [-0.1, -0.05) is 28.6 Å². The van der Waals surface area contributed by atoms with Gasteiger partial charge in [0.25, 0.3) is 5.91 Å². The van der Waals surface area contributed by atoms with Crippen molar-refractivity contribution in [1.82, 2.24) is 14.2 Å². The number of anilines is 1. The number of amides is 1. The lowest BCUT2D eigenvalue weighted by Crippen LogP contribution is -2.34. The average molecular weight is 512 g/mol. The van der Waals surface area contributed by atoms with Crippen molar-refractivity contribution in [2.75, 3.05) is 45.7 Å². The highest BCUT2D eigenvalue weighted by Gasteiger charge is 2.33. The van der Waals surface area contributed by atoms with Gasteiger partial charge in [0, 0.05) is 31.1 Å². The van der Waals surface area contributed by atoms with Crippen molar-refractivity contribution in [2.24, 2.45) is 5.16 Å². The Hall–Kier alpha value is -2.45. The topological polar surface area (TPSA) is 113 Å². The van der Waals surface area contributed by atoms with Crippen LogP contribution in [0.25, 0.3) is 0 Å². The number of likely N-dealkylation sites (N-methyl/N-ethyl adjacent to an activating group) is 1. The van der Waals surface area contributed by atoms with E-state index in [-0.39, 0.29) is 27.9 Å². The maximum absolute atomic E-state index is 13.3. The van der Waals surface area contributed by atoms with Crippen LogP contribution in [0.2, 0.25) is 0 Å². The molecular formula is C21H26FN5O5S2. The van der Waals surface area contributed by atoms with Gasteiger partial charge in [-0.3, -0.25) is 10.1 Å². The molecule has 2 aliphatic rings. The van der Waals surface area contributed by atoms with Gasteiger partial charge in [-0.25, -0.2) is 13.4 Å². The third-order valence-corrected chi connectivity index (χ3v) is 8.30. The lowest BCUT2D eigenvalue weighted by atomic mass is 10.1. The Labute approximate surface area is 201 Å². The number of halogens is 1. The second kappa shape index (κ2) is 10.4. The molecule has 34 heavy (non-hydrogen) atoms. The zero-order chi connectivity index (χ0) is 24.3. The van der Waals surface area contributed by atoms with Gasteiger partial charge in [0.2, 0.25) is 10.0 Å². The first kappa shape index (κ1) is 24.7. The van der Waals surface area contributed by atoms with Crippen LogP contribution in [0.4, 0.5) is 9.52 Å². The Morgan fingerprint density at radius 3 is 2.68 bits per heavy atom. The van der Waals surface area contributed by atoms with Crippen LogP contribution in [-0.4, -0.2) is 86.8 Å². The lowest BCUT2D eigenvalue weighted by molar-refractivity contribution is -0.110. The molecule has 0 unspecified atom stereocenters. The van der Waals surface area contributed by atoms with Gasteiger partial charge in [0.1, 0.15) is 0 Å². The van der Waals surface area contributed by atoms with E-state index in [1.54, 1.807) is 0 Å². The number of nitrogens with one attached hydrogen (secondary N) is 1. The van der Waals surface area contributed by atoms with Crippen molar-refractivity contribution >= 4 is 38.1 Å². The summed E-state index contributed by atoms with van der Waals surface area (Å²) in [6.45, 7) is 1.77. The van der Waals surface area contributed by atoms with Crippen LogP contribution in [0.3, 0.4) is 0 Å². The van der Waals surface area contributed by atoms with E-state index < -0.39 is 21.1 Å². The summed E-state index contributed by atoms with van der Waals surface area (Å²) >= 11 is 0.680. The molecule has 0 saturated carbocycles. The lowest BCUT2D eigenvalue weighted by Gasteiger charge is -2.20. The summed E-state index contributed by atoms with van der Waals surface area (Å²) in [6.07, 6.45) is 2.11. The number of hydrogen-bond acceptors (Lipinski definition) is 9. The number of carbonyl (C=O) groups excluding carboxylic acids is 1. The number of aromatic nitrogens is 1. The van der Waals surface area contributed by atoms with Crippen LogP contribution >= 0.6 is 11.3 Å².